The van der Waals surface area contributed by atoms with Crippen LogP contribution in [0.2, 0.25) is 5.02 Å². The Kier molecular flexibility index (Phi) is 4.14. The highest BCUT2D eigenvalue weighted by Gasteiger charge is 2.26. The van der Waals surface area contributed by atoms with Gasteiger partial charge in [-0.3, -0.25) is 10.1 Å². The van der Waals surface area contributed by atoms with Gasteiger partial charge in [-0.2, -0.15) is 0 Å². The normalized spacial score (nSPS) is 15.3. The first-order chi connectivity index (χ1) is 11.4. The van der Waals surface area contributed by atoms with Gasteiger partial charge in [0.05, 0.1) is 4.92 Å². The summed E-state index contributed by atoms with van der Waals surface area (Å²) in [7, 11) is 0. The summed E-state index contributed by atoms with van der Waals surface area (Å²) in [5.41, 5.74) is 2.03. The first-order valence-electron chi connectivity index (χ1n) is 6.97. The number of ether oxygens (including phenoxy) is 1. The van der Waals surface area contributed by atoms with E-state index in [1.54, 1.807) is 6.08 Å². The Labute approximate surface area is 142 Å². The van der Waals surface area contributed by atoms with Crippen LogP contribution in [0.1, 0.15) is 16.7 Å². The number of benzene rings is 2. The number of aliphatic imine (C=N–C) groups is 1. The van der Waals surface area contributed by atoms with Crippen LogP contribution in [0, 0.1) is 17.0 Å². The molecule has 0 fully saturated rings. The van der Waals surface area contributed by atoms with Crippen molar-refractivity contribution in [3.8, 4) is 0 Å². The molecule has 0 aliphatic carbocycles. The standard InChI is InChI=1S/C17H11ClN2O4/c1-10-3-2-4-11(7-10)8-14-17(21)24-16(19-14)12-5-6-13(18)15(9-12)20(22)23/h2-9H,1H3. The topological polar surface area (TPSA) is 81.8 Å². The fraction of sp³-hybridized carbons (Fsp3) is 0.0588. The fourth-order valence-electron chi connectivity index (χ4n) is 2.24. The lowest BCUT2D eigenvalue weighted by Crippen LogP contribution is -2.06. The maximum absolute atomic E-state index is 12.0. The van der Waals surface area contributed by atoms with E-state index in [4.69, 9.17) is 16.3 Å². The number of aryl methyl sites for hydroxylation is 1. The molecule has 1 heterocycles. The number of nitro groups is 1. The summed E-state index contributed by atoms with van der Waals surface area (Å²) in [5.74, 6) is -0.595. The van der Waals surface area contributed by atoms with E-state index in [0.29, 0.717) is 5.56 Å². The Bertz CT molecular complexity index is 919. The van der Waals surface area contributed by atoms with E-state index in [0.717, 1.165) is 11.1 Å². The van der Waals surface area contributed by atoms with Gasteiger partial charge < -0.3 is 4.74 Å². The molecule has 24 heavy (non-hydrogen) atoms. The SMILES string of the molecule is Cc1cccc(C=C2N=C(c3ccc(Cl)c([N+](=O)[O-])c3)OC2=O)c1. The molecule has 6 nitrogen and oxygen atoms in total. The van der Waals surface area contributed by atoms with Gasteiger partial charge in [-0.15, -0.1) is 0 Å². The molecule has 3 rings (SSSR count). The zero-order chi connectivity index (χ0) is 17.3. The average molecular weight is 343 g/mol. The van der Waals surface area contributed by atoms with Crippen LogP contribution in [0.15, 0.2) is 53.2 Å². The van der Waals surface area contributed by atoms with Gasteiger partial charge >= 0.3 is 5.97 Å². The summed E-state index contributed by atoms with van der Waals surface area (Å²) < 4.78 is 5.11. The van der Waals surface area contributed by atoms with E-state index in [9.17, 15) is 14.9 Å². The molecule has 2 aromatic carbocycles. The molecule has 1 aliphatic rings. The van der Waals surface area contributed by atoms with E-state index < -0.39 is 10.9 Å². The highest BCUT2D eigenvalue weighted by Crippen LogP contribution is 2.27. The summed E-state index contributed by atoms with van der Waals surface area (Å²) in [5, 5.41) is 11.0. The molecule has 2 aromatic rings. The Hall–Kier alpha value is -2.99. The van der Waals surface area contributed by atoms with Gasteiger partial charge in [0, 0.05) is 11.6 Å². The monoisotopic (exact) mass is 342 g/mol. The van der Waals surface area contributed by atoms with Crippen molar-refractivity contribution in [3.63, 3.8) is 0 Å². The van der Waals surface area contributed by atoms with Gasteiger partial charge in [-0.05, 0) is 30.7 Å². The fourth-order valence-corrected chi connectivity index (χ4v) is 2.42. The Morgan fingerprint density at radius 2 is 2.04 bits per heavy atom. The van der Waals surface area contributed by atoms with Crippen molar-refractivity contribution in [2.45, 2.75) is 6.92 Å². The molecule has 0 N–H and O–H groups in total. The van der Waals surface area contributed by atoms with Crippen LogP contribution in [-0.2, 0) is 9.53 Å². The molecule has 0 amide bonds. The van der Waals surface area contributed by atoms with Crippen LogP contribution in [0.4, 0.5) is 5.69 Å². The van der Waals surface area contributed by atoms with E-state index in [2.05, 4.69) is 4.99 Å². The van der Waals surface area contributed by atoms with E-state index >= 15 is 0 Å². The lowest BCUT2D eigenvalue weighted by atomic mass is 10.1. The molecule has 0 saturated heterocycles. The van der Waals surface area contributed by atoms with Crippen molar-refractivity contribution in [3.05, 3.63) is 80.0 Å². The highest BCUT2D eigenvalue weighted by molar-refractivity contribution is 6.32. The van der Waals surface area contributed by atoms with Crippen molar-refractivity contribution in [2.24, 2.45) is 4.99 Å². The predicted molar refractivity (Wildman–Crippen MR) is 89.9 cm³/mol. The van der Waals surface area contributed by atoms with Gasteiger partial charge in [0.1, 0.15) is 5.02 Å². The van der Waals surface area contributed by atoms with Gasteiger partial charge in [-0.1, -0.05) is 41.4 Å². The molecule has 0 saturated carbocycles. The van der Waals surface area contributed by atoms with Crippen LogP contribution >= 0.6 is 11.6 Å². The molecule has 0 aromatic heterocycles. The summed E-state index contributed by atoms with van der Waals surface area (Å²) in [6, 6.07) is 11.7. The zero-order valence-corrected chi connectivity index (χ0v) is 13.3. The maximum atomic E-state index is 12.0. The number of rotatable bonds is 3. The van der Waals surface area contributed by atoms with Crippen LogP contribution in [0.3, 0.4) is 0 Å². The molecular weight excluding hydrogens is 332 g/mol. The molecule has 120 valence electrons. The number of nitrogens with zero attached hydrogens (tertiary/aromatic N) is 2. The van der Waals surface area contributed by atoms with Crippen LogP contribution in [0.25, 0.3) is 6.08 Å². The lowest BCUT2D eigenvalue weighted by Gasteiger charge is -2.00. The van der Waals surface area contributed by atoms with Gasteiger partial charge in [0.2, 0.25) is 5.90 Å². The average Bonchev–Trinajstić information content (AvgIpc) is 2.88. The number of nitro benzene ring substituents is 1. The third kappa shape index (κ3) is 3.18. The van der Waals surface area contributed by atoms with E-state index in [1.807, 2.05) is 31.2 Å². The Morgan fingerprint density at radius 3 is 2.75 bits per heavy atom. The summed E-state index contributed by atoms with van der Waals surface area (Å²) >= 11 is 5.78. The summed E-state index contributed by atoms with van der Waals surface area (Å²) in [4.78, 5) is 26.5. The summed E-state index contributed by atoms with van der Waals surface area (Å²) in [6.45, 7) is 1.94. The first-order valence-corrected chi connectivity index (χ1v) is 7.35. The van der Waals surface area contributed by atoms with Crippen molar-refractivity contribution < 1.29 is 14.5 Å². The van der Waals surface area contributed by atoms with Gasteiger partial charge in [-0.25, -0.2) is 9.79 Å². The van der Waals surface area contributed by atoms with Crippen molar-refractivity contribution >= 4 is 35.2 Å². The van der Waals surface area contributed by atoms with Crippen LogP contribution in [-0.4, -0.2) is 16.8 Å². The number of halogens is 1. The third-order valence-corrected chi connectivity index (χ3v) is 3.68. The van der Waals surface area contributed by atoms with E-state index in [1.165, 1.54) is 18.2 Å². The highest BCUT2D eigenvalue weighted by atomic mass is 35.5. The zero-order valence-electron chi connectivity index (χ0n) is 12.5. The number of carbonyl (C=O) groups is 1. The largest absolute Gasteiger partial charge is 0.402 e. The number of hydrogen-bond donors (Lipinski definition) is 0. The molecule has 0 unspecified atom stereocenters. The third-order valence-electron chi connectivity index (χ3n) is 3.36. The maximum Gasteiger partial charge on any atom is 0.363 e. The van der Waals surface area contributed by atoms with Crippen LogP contribution < -0.4 is 0 Å². The smallest absolute Gasteiger partial charge is 0.363 e. The first kappa shape index (κ1) is 15.9. The van der Waals surface area contributed by atoms with E-state index in [-0.39, 0.29) is 22.3 Å². The predicted octanol–water partition coefficient (Wildman–Crippen LogP) is 3.90. The molecular formula is C17H11ClN2O4. The second-order valence-corrected chi connectivity index (χ2v) is 5.58. The molecule has 0 atom stereocenters. The van der Waals surface area contributed by atoms with Gasteiger partial charge in [0.25, 0.3) is 5.69 Å². The van der Waals surface area contributed by atoms with Crippen molar-refractivity contribution in [2.75, 3.05) is 0 Å². The lowest BCUT2D eigenvalue weighted by molar-refractivity contribution is -0.384. The minimum absolute atomic E-state index is 0.00389. The number of carbonyl (C=O) groups excluding carboxylic acids is 1. The minimum Gasteiger partial charge on any atom is -0.402 e. The Balaban J connectivity index is 1.98. The number of esters is 1. The Morgan fingerprint density at radius 1 is 1.25 bits per heavy atom. The minimum atomic E-state index is -0.607. The molecule has 0 spiro atoms. The molecule has 1 aliphatic heterocycles. The molecule has 7 heteroatoms. The molecule has 0 radical (unpaired) electrons. The number of cyclic esters (lactones) is 1. The number of hydrogen-bond acceptors (Lipinski definition) is 5. The van der Waals surface area contributed by atoms with Gasteiger partial charge in [0.15, 0.2) is 5.70 Å². The summed E-state index contributed by atoms with van der Waals surface area (Å²) in [6.07, 6.45) is 1.60. The quantitative estimate of drug-likeness (QED) is 0.366. The second kappa shape index (κ2) is 6.25. The van der Waals surface area contributed by atoms with Crippen molar-refractivity contribution in [1.29, 1.82) is 0 Å². The molecule has 0 bridgehead atoms. The van der Waals surface area contributed by atoms with Crippen LogP contribution in [0.5, 0.6) is 0 Å². The van der Waals surface area contributed by atoms with Crippen molar-refractivity contribution in [1.82, 2.24) is 0 Å². The second-order valence-electron chi connectivity index (χ2n) is 5.17.